The smallest absolute Gasteiger partial charge is 0.232 e. The third-order valence-corrected chi connectivity index (χ3v) is 3.40. The average molecular weight is 274 g/mol. The topological polar surface area (TPSA) is 64.3 Å². The lowest BCUT2D eigenvalue weighted by atomic mass is 9.86. The number of nitrogens with two attached hydrogens (primary N) is 1. The molecule has 0 spiro atoms. The van der Waals surface area contributed by atoms with Crippen LogP contribution >= 0.6 is 12.2 Å². The van der Waals surface area contributed by atoms with E-state index in [9.17, 15) is 4.79 Å². The van der Waals surface area contributed by atoms with Crippen LogP contribution in [0.1, 0.15) is 40.5 Å². The summed E-state index contributed by atoms with van der Waals surface area (Å²) >= 11 is 4.95. The molecular formula is C13H26N2O2S. The van der Waals surface area contributed by atoms with Crippen molar-refractivity contribution in [2.45, 2.75) is 40.5 Å². The molecule has 18 heavy (non-hydrogen) atoms. The van der Waals surface area contributed by atoms with Crippen molar-refractivity contribution >= 4 is 23.1 Å². The monoisotopic (exact) mass is 274 g/mol. The molecule has 1 atom stereocenters. The Hall–Kier alpha value is -0.680. The predicted molar refractivity (Wildman–Crippen MR) is 78.5 cm³/mol. The minimum absolute atomic E-state index is 0.0960. The Morgan fingerprint density at radius 1 is 1.50 bits per heavy atom. The number of ether oxygens (including phenoxy) is 1. The molecule has 1 amide bonds. The fraction of sp³-hybridized carbons (Fsp3) is 0.846. The predicted octanol–water partition coefficient (Wildman–Crippen LogP) is 1.87. The molecule has 0 fully saturated rings. The maximum absolute atomic E-state index is 12.0. The number of thiocarbonyl (C=S) groups is 1. The molecule has 1 unspecified atom stereocenters. The number of hydrogen-bond donors (Lipinski definition) is 2. The molecule has 0 aromatic rings. The van der Waals surface area contributed by atoms with Gasteiger partial charge in [-0.3, -0.25) is 4.79 Å². The van der Waals surface area contributed by atoms with Gasteiger partial charge in [-0.05, 0) is 25.7 Å². The molecule has 0 saturated heterocycles. The molecule has 0 heterocycles. The summed E-state index contributed by atoms with van der Waals surface area (Å²) < 4.78 is 5.43. The summed E-state index contributed by atoms with van der Waals surface area (Å²) in [4.78, 5) is 12.2. The van der Waals surface area contributed by atoms with Crippen LogP contribution < -0.4 is 11.1 Å². The van der Waals surface area contributed by atoms with Gasteiger partial charge in [0, 0.05) is 19.8 Å². The molecule has 0 rings (SSSR count). The van der Waals surface area contributed by atoms with Crippen LogP contribution in [-0.2, 0) is 9.53 Å². The van der Waals surface area contributed by atoms with Crippen molar-refractivity contribution < 1.29 is 9.53 Å². The lowest BCUT2D eigenvalue weighted by Gasteiger charge is -2.25. The molecule has 0 aliphatic heterocycles. The quantitative estimate of drug-likeness (QED) is 0.497. The molecule has 0 aromatic carbocycles. The Balaban J connectivity index is 3.86. The van der Waals surface area contributed by atoms with E-state index >= 15 is 0 Å². The van der Waals surface area contributed by atoms with E-state index in [-0.39, 0.29) is 10.9 Å². The largest absolute Gasteiger partial charge is 0.392 e. The molecular weight excluding hydrogens is 248 g/mol. The van der Waals surface area contributed by atoms with Crippen molar-refractivity contribution in [2.24, 2.45) is 17.1 Å². The first kappa shape index (κ1) is 17.3. The van der Waals surface area contributed by atoms with Gasteiger partial charge in [0.15, 0.2) is 0 Å². The fourth-order valence-electron chi connectivity index (χ4n) is 1.34. The van der Waals surface area contributed by atoms with E-state index in [4.69, 9.17) is 22.7 Å². The molecule has 0 aliphatic carbocycles. The van der Waals surface area contributed by atoms with Gasteiger partial charge < -0.3 is 15.8 Å². The van der Waals surface area contributed by atoms with E-state index < -0.39 is 5.41 Å². The highest BCUT2D eigenvalue weighted by Gasteiger charge is 2.34. The van der Waals surface area contributed by atoms with Gasteiger partial charge >= 0.3 is 0 Å². The number of nitrogens with one attached hydrogen (secondary N) is 1. The van der Waals surface area contributed by atoms with Crippen molar-refractivity contribution in [1.29, 1.82) is 0 Å². The van der Waals surface area contributed by atoms with Gasteiger partial charge in [0.25, 0.3) is 0 Å². The van der Waals surface area contributed by atoms with Crippen LogP contribution in [0.25, 0.3) is 0 Å². The molecule has 3 N–H and O–H groups in total. The Labute approximate surface area is 116 Å². The molecule has 0 saturated carbocycles. The zero-order valence-corrected chi connectivity index (χ0v) is 12.7. The Morgan fingerprint density at radius 2 is 2.11 bits per heavy atom. The third-order valence-electron chi connectivity index (χ3n) is 2.95. The molecule has 0 radical (unpaired) electrons. The van der Waals surface area contributed by atoms with E-state index in [2.05, 4.69) is 19.2 Å². The van der Waals surface area contributed by atoms with Crippen molar-refractivity contribution in [3.05, 3.63) is 0 Å². The molecule has 0 aromatic heterocycles. The Bertz CT molecular complexity index is 282. The van der Waals surface area contributed by atoms with Crippen molar-refractivity contribution in [1.82, 2.24) is 5.32 Å². The SMILES string of the molecule is CCC(C)(C(=O)NCCCOCC(C)C)C(N)=S. The van der Waals surface area contributed by atoms with Gasteiger partial charge in [0.05, 0.1) is 10.4 Å². The van der Waals surface area contributed by atoms with E-state index in [0.717, 1.165) is 13.0 Å². The lowest BCUT2D eigenvalue weighted by molar-refractivity contribution is -0.127. The van der Waals surface area contributed by atoms with Crippen LogP contribution in [0, 0.1) is 11.3 Å². The van der Waals surface area contributed by atoms with Crippen LogP contribution in [0.15, 0.2) is 0 Å². The second-order valence-corrected chi connectivity index (χ2v) is 5.57. The summed E-state index contributed by atoms with van der Waals surface area (Å²) in [5.74, 6) is 0.443. The summed E-state index contributed by atoms with van der Waals surface area (Å²) in [5, 5.41) is 2.86. The normalized spacial score (nSPS) is 14.3. The molecule has 0 bridgehead atoms. The lowest BCUT2D eigenvalue weighted by Crippen LogP contribution is -2.46. The summed E-state index contributed by atoms with van der Waals surface area (Å²) in [5.41, 5.74) is 4.87. The van der Waals surface area contributed by atoms with E-state index in [1.807, 2.05) is 6.92 Å². The zero-order valence-electron chi connectivity index (χ0n) is 11.9. The highest BCUT2D eigenvalue weighted by molar-refractivity contribution is 7.80. The third kappa shape index (κ3) is 5.78. The minimum atomic E-state index is -0.742. The zero-order chi connectivity index (χ0) is 14.2. The first-order valence-electron chi connectivity index (χ1n) is 6.50. The minimum Gasteiger partial charge on any atom is -0.392 e. The van der Waals surface area contributed by atoms with Crippen LogP contribution in [0.4, 0.5) is 0 Å². The summed E-state index contributed by atoms with van der Waals surface area (Å²) in [6.45, 7) is 9.91. The van der Waals surface area contributed by atoms with Crippen LogP contribution in [0.3, 0.4) is 0 Å². The second kappa shape index (κ2) is 8.43. The highest BCUT2D eigenvalue weighted by Crippen LogP contribution is 2.21. The van der Waals surface area contributed by atoms with Gasteiger partial charge in [-0.15, -0.1) is 0 Å². The summed E-state index contributed by atoms with van der Waals surface area (Å²) in [7, 11) is 0. The molecule has 5 heteroatoms. The maximum atomic E-state index is 12.0. The van der Waals surface area contributed by atoms with Crippen molar-refractivity contribution in [3.8, 4) is 0 Å². The Kier molecular flexibility index (Phi) is 8.11. The number of carbonyl (C=O) groups excluding carboxylic acids is 1. The Morgan fingerprint density at radius 3 is 2.56 bits per heavy atom. The average Bonchev–Trinajstić information content (AvgIpc) is 2.31. The van der Waals surface area contributed by atoms with Crippen LogP contribution in [0.5, 0.6) is 0 Å². The van der Waals surface area contributed by atoms with Crippen LogP contribution in [-0.4, -0.2) is 30.7 Å². The van der Waals surface area contributed by atoms with Gasteiger partial charge in [0.1, 0.15) is 0 Å². The number of hydrogen-bond acceptors (Lipinski definition) is 3. The van der Waals surface area contributed by atoms with Crippen LogP contribution in [0.2, 0.25) is 0 Å². The van der Waals surface area contributed by atoms with Gasteiger partial charge in [-0.2, -0.15) is 0 Å². The second-order valence-electron chi connectivity index (χ2n) is 5.13. The first-order chi connectivity index (χ1) is 8.34. The van der Waals surface area contributed by atoms with Gasteiger partial charge in [-0.25, -0.2) is 0 Å². The van der Waals surface area contributed by atoms with E-state index in [1.54, 1.807) is 6.92 Å². The summed E-state index contributed by atoms with van der Waals surface area (Å²) in [6.07, 6.45) is 1.41. The van der Waals surface area contributed by atoms with Crippen molar-refractivity contribution in [3.63, 3.8) is 0 Å². The first-order valence-corrected chi connectivity index (χ1v) is 6.91. The number of carbonyl (C=O) groups is 1. The van der Waals surface area contributed by atoms with Gasteiger partial charge in [-0.1, -0.05) is 33.0 Å². The van der Waals surface area contributed by atoms with Crippen molar-refractivity contribution in [2.75, 3.05) is 19.8 Å². The summed E-state index contributed by atoms with van der Waals surface area (Å²) in [6, 6.07) is 0. The van der Waals surface area contributed by atoms with E-state index in [0.29, 0.717) is 25.5 Å². The highest BCUT2D eigenvalue weighted by atomic mass is 32.1. The standard InChI is InChI=1S/C13H26N2O2S/c1-5-13(4,11(14)18)12(16)15-7-6-8-17-9-10(2)3/h10H,5-9H2,1-4H3,(H2,14,18)(H,15,16). The molecule has 4 nitrogen and oxygen atoms in total. The molecule has 0 aliphatic rings. The maximum Gasteiger partial charge on any atom is 0.232 e. The molecule has 106 valence electrons. The fourth-order valence-corrected chi connectivity index (χ4v) is 1.57. The van der Waals surface area contributed by atoms with E-state index in [1.165, 1.54) is 0 Å². The number of amides is 1. The number of rotatable bonds is 9. The van der Waals surface area contributed by atoms with Gasteiger partial charge in [0.2, 0.25) is 5.91 Å².